The second kappa shape index (κ2) is 12.2. The van der Waals surface area contributed by atoms with Gasteiger partial charge >= 0.3 is 12.4 Å². The summed E-state index contributed by atoms with van der Waals surface area (Å²) in [6.07, 6.45) is 11.2. The highest BCUT2D eigenvalue weighted by Crippen LogP contribution is 2.10. The first-order valence-electron chi connectivity index (χ1n) is 6.38. The van der Waals surface area contributed by atoms with Crippen LogP contribution in [-0.4, -0.2) is 12.4 Å². The number of rotatable bonds is 11. The van der Waals surface area contributed by atoms with E-state index in [0.29, 0.717) is 6.42 Å². The third-order valence-electron chi connectivity index (χ3n) is 2.64. The fourth-order valence-electron chi connectivity index (χ4n) is 1.68. The molecule has 0 aromatic heterocycles. The molecule has 0 rings (SSSR count). The lowest BCUT2D eigenvalue weighted by Crippen LogP contribution is -2.01. The van der Waals surface area contributed by atoms with Gasteiger partial charge in [0.2, 0.25) is 0 Å². The van der Waals surface area contributed by atoms with E-state index in [9.17, 15) is 9.59 Å². The van der Waals surface area contributed by atoms with E-state index in [-0.39, 0.29) is 0 Å². The molecule has 0 N–H and O–H groups in total. The molecule has 0 spiro atoms. The predicted molar refractivity (Wildman–Crippen MR) is 63.6 cm³/mol. The number of hydrogen-bond acceptors (Lipinski definition) is 3. The van der Waals surface area contributed by atoms with E-state index in [1.807, 2.05) is 0 Å². The van der Waals surface area contributed by atoms with Gasteiger partial charge in [-0.05, 0) is 6.42 Å². The van der Waals surface area contributed by atoms with Crippen molar-refractivity contribution in [1.82, 2.24) is 0 Å². The van der Waals surface area contributed by atoms with E-state index in [2.05, 4.69) is 11.7 Å². The Labute approximate surface area is 98.6 Å². The van der Waals surface area contributed by atoms with E-state index in [4.69, 9.17) is 0 Å². The Hall–Kier alpha value is -0.860. The van der Waals surface area contributed by atoms with Crippen molar-refractivity contribution in [1.29, 1.82) is 0 Å². The number of carbonyl (C=O) groups is 1. The largest absolute Gasteiger partial charge is 0.425 e. The van der Waals surface area contributed by atoms with Crippen molar-refractivity contribution >= 4 is 12.4 Å². The summed E-state index contributed by atoms with van der Waals surface area (Å²) >= 11 is 0. The van der Waals surface area contributed by atoms with Crippen molar-refractivity contribution in [3.63, 3.8) is 0 Å². The van der Waals surface area contributed by atoms with Gasteiger partial charge in [-0.1, -0.05) is 58.3 Å². The molecule has 0 saturated carbocycles. The van der Waals surface area contributed by atoms with Gasteiger partial charge in [-0.2, -0.15) is 0 Å². The molecule has 93 valence electrons. The Kier molecular flexibility index (Phi) is 11.6. The third kappa shape index (κ3) is 11.2. The Bertz CT molecular complexity index is 178. The molecule has 1 radical (unpaired) electrons. The van der Waals surface area contributed by atoms with Crippen LogP contribution < -0.4 is 0 Å². The lowest BCUT2D eigenvalue weighted by Gasteiger charge is -2.01. The Morgan fingerprint density at radius 1 is 0.938 bits per heavy atom. The van der Waals surface area contributed by atoms with Crippen LogP contribution in [0.5, 0.6) is 0 Å². The molecule has 3 heteroatoms. The Morgan fingerprint density at radius 3 is 1.94 bits per heavy atom. The quantitative estimate of drug-likeness (QED) is 0.308. The summed E-state index contributed by atoms with van der Waals surface area (Å²) in [4.78, 5) is 20.5. The summed E-state index contributed by atoms with van der Waals surface area (Å²) < 4.78 is 4.07. The van der Waals surface area contributed by atoms with Gasteiger partial charge in [0.05, 0.1) is 0 Å². The van der Waals surface area contributed by atoms with E-state index in [1.54, 1.807) is 0 Å². The molecule has 0 aliphatic rings. The summed E-state index contributed by atoms with van der Waals surface area (Å²) in [6.45, 7) is 3.37. The average Bonchev–Trinajstić information content (AvgIpc) is 2.27. The summed E-state index contributed by atoms with van der Waals surface area (Å²) in [7, 11) is 0. The number of unbranched alkanes of at least 4 members (excludes halogenated alkanes) is 8. The van der Waals surface area contributed by atoms with Crippen molar-refractivity contribution in [2.45, 2.75) is 71.1 Å². The van der Waals surface area contributed by atoms with E-state index in [1.165, 1.54) is 44.9 Å². The minimum absolute atomic E-state index is 0.338. The smallest absolute Gasteiger partial charge is 0.384 e. The molecule has 0 aliphatic carbocycles. The first-order chi connectivity index (χ1) is 7.81. The maximum Gasteiger partial charge on any atom is 0.425 e. The zero-order chi connectivity index (χ0) is 12.1. The molecule has 0 bridgehead atoms. The monoisotopic (exact) mass is 227 g/mol. The van der Waals surface area contributed by atoms with Crippen LogP contribution in [0.2, 0.25) is 0 Å². The number of hydrogen-bond donors (Lipinski definition) is 0. The molecule has 3 nitrogen and oxygen atoms in total. The van der Waals surface area contributed by atoms with Crippen LogP contribution in [0.3, 0.4) is 0 Å². The van der Waals surface area contributed by atoms with E-state index < -0.39 is 5.97 Å². The van der Waals surface area contributed by atoms with Crippen molar-refractivity contribution < 1.29 is 14.3 Å². The highest BCUT2D eigenvalue weighted by Gasteiger charge is 2.01. The second-order valence-electron chi connectivity index (χ2n) is 4.14. The number of esters is 1. The van der Waals surface area contributed by atoms with Gasteiger partial charge in [0.15, 0.2) is 0 Å². The summed E-state index contributed by atoms with van der Waals surface area (Å²) in [6, 6.07) is 0. The number of carbonyl (C=O) groups excluding carboxylic acids is 2. The molecular weight excluding hydrogens is 204 g/mol. The molecule has 0 unspecified atom stereocenters. The van der Waals surface area contributed by atoms with Crippen molar-refractivity contribution in [3.05, 3.63) is 0 Å². The first kappa shape index (κ1) is 15.1. The van der Waals surface area contributed by atoms with Crippen molar-refractivity contribution in [2.24, 2.45) is 0 Å². The van der Waals surface area contributed by atoms with Crippen LogP contribution in [0.15, 0.2) is 0 Å². The topological polar surface area (TPSA) is 43.4 Å². The SMILES string of the molecule is CCCCCCCCCCCC(=O)O[C]=O. The Morgan fingerprint density at radius 2 is 1.44 bits per heavy atom. The van der Waals surface area contributed by atoms with Gasteiger partial charge in [-0.3, -0.25) is 4.79 Å². The van der Waals surface area contributed by atoms with Crippen LogP contribution >= 0.6 is 0 Å². The highest BCUT2D eigenvalue weighted by atomic mass is 16.6. The summed E-state index contributed by atoms with van der Waals surface area (Å²) in [5.41, 5.74) is 0. The van der Waals surface area contributed by atoms with Gasteiger partial charge < -0.3 is 4.74 Å². The Balaban J connectivity index is 3.03. The van der Waals surface area contributed by atoms with Crippen LogP contribution in [0.1, 0.15) is 71.1 Å². The third-order valence-corrected chi connectivity index (χ3v) is 2.64. The second-order valence-corrected chi connectivity index (χ2v) is 4.14. The predicted octanol–water partition coefficient (Wildman–Crippen LogP) is 3.52. The molecule has 0 fully saturated rings. The van der Waals surface area contributed by atoms with E-state index >= 15 is 0 Å². The molecule has 0 atom stereocenters. The average molecular weight is 227 g/mol. The summed E-state index contributed by atoms with van der Waals surface area (Å²) in [5.74, 6) is -0.460. The van der Waals surface area contributed by atoms with Crippen molar-refractivity contribution in [2.75, 3.05) is 0 Å². The maximum atomic E-state index is 10.8. The summed E-state index contributed by atoms with van der Waals surface area (Å²) in [5, 5.41) is 0. The molecule has 0 aliphatic heterocycles. The molecule has 0 saturated heterocycles. The number of ether oxygens (including phenoxy) is 1. The fraction of sp³-hybridized carbons (Fsp3) is 0.846. The van der Waals surface area contributed by atoms with Gasteiger partial charge in [-0.25, -0.2) is 4.79 Å². The van der Waals surface area contributed by atoms with Gasteiger partial charge in [-0.15, -0.1) is 0 Å². The van der Waals surface area contributed by atoms with Crippen LogP contribution in [-0.2, 0) is 14.3 Å². The van der Waals surface area contributed by atoms with Gasteiger partial charge in [0.1, 0.15) is 0 Å². The zero-order valence-electron chi connectivity index (χ0n) is 10.3. The zero-order valence-corrected chi connectivity index (χ0v) is 10.3. The molecule has 0 heterocycles. The lowest BCUT2D eigenvalue weighted by atomic mass is 10.1. The van der Waals surface area contributed by atoms with E-state index in [0.717, 1.165) is 19.3 Å². The van der Waals surface area contributed by atoms with Gasteiger partial charge in [0, 0.05) is 6.42 Å². The molecule has 16 heavy (non-hydrogen) atoms. The molecule has 0 amide bonds. The van der Waals surface area contributed by atoms with Crippen LogP contribution in [0, 0.1) is 0 Å². The molecule has 0 aromatic rings. The van der Waals surface area contributed by atoms with Gasteiger partial charge in [0.25, 0.3) is 0 Å². The fourth-order valence-corrected chi connectivity index (χ4v) is 1.68. The minimum atomic E-state index is -0.460. The maximum absolute atomic E-state index is 10.8. The van der Waals surface area contributed by atoms with Crippen LogP contribution in [0.4, 0.5) is 0 Å². The molecular formula is C13H23O3. The highest BCUT2D eigenvalue weighted by molar-refractivity contribution is 5.76. The van der Waals surface area contributed by atoms with Crippen LogP contribution in [0.25, 0.3) is 0 Å². The normalized spacial score (nSPS) is 10.1. The first-order valence-corrected chi connectivity index (χ1v) is 6.38. The lowest BCUT2D eigenvalue weighted by molar-refractivity contribution is -0.135. The standard InChI is InChI=1S/C13H23O3/c1-2-3-4-5-6-7-8-9-10-11-13(15)16-12-14/h2-11H2,1H3. The minimum Gasteiger partial charge on any atom is -0.384 e. The molecule has 0 aromatic carbocycles. The van der Waals surface area contributed by atoms with Crippen molar-refractivity contribution in [3.8, 4) is 0 Å².